The second-order valence-electron chi connectivity index (χ2n) is 6.72. The van der Waals surface area contributed by atoms with Crippen molar-refractivity contribution in [3.63, 3.8) is 0 Å². The third-order valence-corrected chi connectivity index (χ3v) is 4.73. The fourth-order valence-corrected chi connectivity index (χ4v) is 3.58. The SMILES string of the molecule is CCC1CCC(N2CCCNC(C)(C)C2)CC1. The van der Waals surface area contributed by atoms with Crippen LogP contribution in [0, 0.1) is 5.92 Å². The van der Waals surface area contributed by atoms with Crippen molar-refractivity contribution in [3.05, 3.63) is 0 Å². The number of nitrogens with zero attached hydrogens (tertiary/aromatic N) is 1. The van der Waals surface area contributed by atoms with Crippen LogP contribution in [0.4, 0.5) is 0 Å². The number of hydrogen-bond donors (Lipinski definition) is 1. The Morgan fingerprint density at radius 3 is 2.53 bits per heavy atom. The standard InChI is InChI=1S/C15H30N2/c1-4-13-6-8-14(9-7-13)17-11-5-10-16-15(2,3)12-17/h13-14,16H,4-12H2,1-3H3. The Kier molecular flexibility index (Phi) is 4.48. The lowest BCUT2D eigenvalue weighted by Gasteiger charge is -2.39. The highest BCUT2D eigenvalue weighted by molar-refractivity contribution is 4.89. The maximum atomic E-state index is 3.67. The Balaban J connectivity index is 1.88. The minimum atomic E-state index is 0.304. The topological polar surface area (TPSA) is 15.3 Å². The first-order valence-corrected chi connectivity index (χ1v) is 7.60. The lowest BCUT2D eigenvalue weighted by molar-refractivity contribution is 0.119. The molecule has 1 N–H and O–H groups in total. The van der Waals surface area contributed by atoms with Crippen molar-refractivity contribution in [2.45, 2.75) is 70.9 Å². The van der Waals surface area contributed by atoms with Gasteiger partial charge < -0.3 is 5.32 Å². The number of nitrogens with one attached hydrogen (secondary N) is 1. The Bertz CT molecular complexity index is 229. The van der Waals surface area contributed by atoms with E-state index in [0.717, 1.165) is 12.0 Å². The minimum absolute atomic E-state index is 0.304. The molecule has 0 amide bonds. The lowest BCUT2D eigenvalue weighted by Crippen LogP contribution is -2.49. The van der Waals surface area contributed by atoms with Crippen molar-refractivity contribution in [1.29, 1.82) is 0 Å². The van der Waals surface area contributed by atoms with Crippen LogP contribution >= 0.6 is 0 Å². The van der Waals surface area contributed by atoms with Crippen LogP contribution < -0.4 is 5.32 Å². The van der Waals surface area contributed by atoms with Gasteiger partial charge in [0.25, 0.3) is 0 Å². The molecule has 2 fully saturated rings. The first-order valence-electron chi connectivity index (χ1n) is 7.60. The van der Waals surface area contributed by atoms with Gasteiger partial charge >= 0.3 is 0 Å². The van der Waals surface area contributed by atoms with E-state index in [1.54, 1.807) is 0 Å². The number of hydrogen-bond acceptors (Lipinski definition) is 2. The van der Waals surface area contributed by atoms with E-state index in [1.165, 1.54) is 58.2 Å². The predicted octanol–water partition coefficient (Wildman–Crippen LogP) is 3.03. The van der Waals surface area contributed by atoms with Crippen molar-refractivity contribution in [2.75, 3.05) is 19.6 Å². The van der Waals surface area contributed by atoms with Crippen molar-refractivity contribution in [3.8, 4) is 0 Å². The monoisotopic (exact) mass is 238 g/mol. The average Bonchev–Trinajstić information content (AvgIpc) is 2.50. The van der Waals surface area contributed by atoms with Gasteiger partial charge in [-0.05, 0) is 65.0 Å². The smallest absolute Gasteiger partial charge is 0.0252 e. The van der Waals surface area contributed by atoms with Gasteiger partial charge in [0.15, 0.2) is 0 Å². The van der Waals surface area contributed by atoms with Crippen LogP contribution in [0.3, 0.4) is 0 Å². The zero-order valence-corrected chi connectivity index (χ0v) is 12.0. The lowest BCUT2D eigenvalue weighted by atomic mass is 9.83. The molecule has 2 heteroatoms. The van der Waals surface area contributed by atoms with E-state index in [9.17, 15) is 0 Å². The van der Waals surface area contributed by atoms with E-state index in [1.807, 2.05) is 0 Å². The van der Waals surface area contributed by atoms with Gasteiger partial charge in [0.05, 0.1) is 0 Å². The first kappa shape index (κ1) is 13.4. The van der Waals surface area contributed by atoms with Crippen molar-refractivity contribution >= 4 is 0 Å². The molecule has 1 saturated carbocycles. The molecule has 2 nitrogen and oxygen atoms in total. The molecule has 100 valence electrons. The molecule has 1 aliphatic carbocycles. The van der Waals surface area contributed by atoms with Crippen LogP contribution in [0.2, 0.25) is 0 Å². The maximum absolute atomic E-state index is 3.67. The molecular weight excluding hydrogens is 208 g/mol. The Hall–Kier alpha value is -0.0800. The first-order chi connectivity index (χ1) is 8.11. The van der Waals surface area contributed by atoms with E-state index in [2.05, 4.69) is 31.0 Å². The number of rotatable bonds is 2. The highest BCUT2D eigenvalue weighted by Gasteiger charge is 2.30. The summed E-state index contributed by atoms with van der Waals surface area (Å²) in [5.74, 6) is 1.02. The molecule has 0 spiro atoms. The van der Waals surface area contributed by atoms with Gasteiger partial charge in [-0.15, -0.1) is 0 Å². The maximum Gasteiger partial charge on any atom is 0.0252 e. The van der Waals surface area contributed by atoms with Crippen molar-refractivity contribution < 1.29 is 0 Å². The summed E-state index contributed by atoms with van der Waals surface area (Å²) in [6.45, 7) is 10.8. The molecule has 0 atom stereocenters. The second-order valence-corrected chi connectivity index (χ2v) is 6.72. The van der Waals surface area contributed by atoms with Crippen LogP contribution in [0.5, 0.6) is 0 Å². The average molecular weight is 238 g/mol. The summed E-state index contributed by atoms with van der Waals surface area (Å²) in [6.07, 6.45) is 8.51. The molecule has 2 rings (SSSR count). The van der Waals surface area contributed by atoms with Crippen LogP contribution in [0.25, 0.3) is 0 Å². The normalized spacial score (nSPS) is 35.5. The molecule has 1 aliphatic heterocycles. The molecule has 17 heavy (non-hydrogen) atoms. The molecule has 0 bridgehead atoms. The van der Waals surface area contributed by atoms with Crippen molar-refractivity contribution in [2.24, 2.45) is 5.92 Å². The molecular formula is C15H30N2. The van der Waals surface area contributed by atoms with Crippen LogP contribution in [0.15, 0.2) is 0 Å². The van der Waals surface area contributed by atoms with Crippen LogP contribution in [-0.2, 0) is 0 Å². The van der Waals surface area contributed by atoms with Gasteiger partial charge in [0.2, 0.25) is 0 Å². The summed E-state index contributed by atoms with van der Waals surface area (Å²) in [4.78, 5) is 2.77. The van der Waals surface area contributed by atoms with E-state index in [0.29, 0.717) is 5.54 Å². The van der Waals surface area contributed by atoms with Crippen molar-refractivity contribution in [1.82, 2.24) is 10.2 Å². The Morgan fingerprint density at radius 2 is 1.88 bits per heavy atom. The second kappa shape index (κ2) is 5.71. The quantitative estimate of drug-likeness (QED) is 0.795. The Morgan fingerprint density at radius 1 is 1.18 bits per heavy atom. The van der Waals surface area contributed by atoms with Gasteiger partial charge in [-0.1, -0.05) is 13.3 Å². The highest BCUT2D eigenvalue weighted by Crippen LogP contribution is 2.30. The predicted molar refractivity (Wildman–Crippen MR) is 74.3 cm³/mol. The van der Waals surface area contributed by atoms with E-state index in [-0.39, 0.29) is 0 Å². The molecule has 0 radical (unpaired) electrons. The van der Waals surface area contributed by atoms with Gasteiger partial charge in [-0.3, -0.25) is 4.90 Å². The molecule has 0 unspecified atom stereocenters. The summed E-state index contributed by atoms with van der Waals surface area (Å²) in [7, 11) is 0. The minimum Gasteiger partial charge on any atom is -0.310 e. The summed E-state index contributed by atoms with van der Waals surface area (Å²) < 4.78 is 0. The fraction of sp³-hybridized carbons (Fsp3) is 1.00. The Labute approximate surface area is 107 Å². The molecule has 0 aromatic carbocycles. The summed E-state index contributed by atoms with van der Waals surface area (Å²) >= 11 is 0. The molecule has 2 aliphatic rings. The van der Waals surface area contributed by atoms with E-state index < -0.39 is 0 Å². The van der Waals surface area contributed by atoms with Gasteiger partial charge in [-0.2, -0.15) is 0 Å². The van der Waals surface area contributed by atoms with Crippen LogP contribution in [-0.4, -0.2) is 36.1 Å². The van der Waals surface area contributed by atoms with E-state index >= 15 is 0 Å². The third kappa shape index (κ3) is 3.69. The van der Waals surface area contributed by atoms with Gasteiger partial charge in [0.1, 0.15) is 0 Å². The summed E-state index contributed by atoms with van der Waals surface area (Å²) in [6, 6.07) is 0.872. The molecule has 0 aromatic heterocycles. The molecule has 0 aromatic rings. The zero-order valence-electron chi connectivity index (χ0n) is 12.0. The fourth-order valence-electron chi connectivity index (χ4n) is 3.58. The third-order valence-electron chi connectivity index (χ3n) is 4.73. The van der Waals surface area contributed by atoms with Gasteiger partial charge in [0, 0.05) is 18.1 Å². The summed E-state index contributed by atoms with van der Waals surface area (Å²) in [5.41, 5.74) is 0.304. The largest absolute Gasteiger partial charge is 0.310 e. The molecule has 1 heterocycles. The molecule has 1 saturated heterocycles. The van der Waals surface area contributed by atoms with Crippen LogP contribution in [0.1, 0.15) is 59.3 Å². The highest BCUT2D eigenvalue weighted by atomic mass is 15.2. The zero-order chi connectivity index (χ0) is 12.3. The van der Waals surface area contributed by atoms with Gasteiger partial charge in [-0.25, -0.2) is 0 Å². The van der Waals surface area contributed by atoms with E-state index in [4.69, 9.17) is 0 Å². The summed E-state index contributed by atoms with van der Waals surface area (Å²) in [5, 5.41) is 3.67.